The van der Waals surface area contributed by atoms with Gasteiger partial charge in [0.1, 0.15) is 9.84 Å². The molecule has 0 saturated carbocycles. The van der Waals surface area contributed by atoms with Crippen molar-refractivity contribution in [2.45, 2.75) is 65.3 Å². The molecule has 3 rings (SSSR count). The minimum Gasteiger partial charge on any atom is -0.466 e. The number of nitrogens with one attached hydrogen (secondary N) is 1. The topological polar surface area (TPSA) is 111 Å². The summed E-state index contributed by atoms with van der Waals surface area (Å²) in [5.41, 5.74) is 3.03. The van der Waals surface area contributed by atoms with E-state index < -0.39 is 15.3 Å². The number of benzene rings is 1. The van der Waals surface area contributed by atoms with Crippen LogP contribution in [0.5, 0.6) is 6.01 Å². The summed E-state index contributed by atoms with van der Waals surface area (Å²) in [4.78, 5) is 23.0. The zero-order valence-electron chi connectivity index (χ0n) is 21.9. The third-order valence-corrected chi connectivity index (χ3v) is 8.18. The van der Waals surface area contributed by atoms with Crippen LogP contribution in [0.4, 0.5) is 17.1 Å². The number of carbonyl (C=O) groups excluding carboxylic acids is 1. The second-order valence-corrected chi connectivity index (χ2v) is 11.9. The maximum Gasteiger partial charge on any atom is 0.316 e. The Bertz CT molecular complexity index is 1120. The molecule has 0 radical (unpaired) electrons. The molecule has 0 aliphatic carbocycles. The molecule has 10 heteroatoms. The van der Waals surface area contributed by atoms with Crippen LogP contribution in [0, 0.1) is 0 Å². The number of ether oxygens (including phenoxy) is 2. The van der Waals surface area contributed by atoms with E-state index in [9.17, 15) is 13.2 Å². The Balaban J connectivity index is 1.97. The highest BCUT2D eigenvalue weighted by Crippen LogP contribution is 2.37. The van der Waals surface area contributed by atoms with Crippen molar-refractivity contribution < 1.29 is 22.7 Å². The highest BCUT2D eigenvalue weighted by atomic mass is 32.2. The van der Waals surface area contributed by atoms with E-state index in [1.807, 2.05) is 39.0 Å². The second kappa shape index (κ2) is 11.9. The standard InChI is InChI=1S/C26H38N4O5S/c1-6-30(21-11-13-36(32,33)14-12-21)23-10-9-19(26(4,5)16-24(31)34-7-2)15-22(23)29-20-17-27-25(28-18-20)35-8-3/h9-10,15,17-18,21,29H,6-8,11-14,16H2,1-5H3. The fourth-order valence-electron chi connectivity index (χ4n) is 4.54. The molecule has 198 valence electrons. The minimum absolute atomic E-state index is 0.119. The minimum atomic E-state index is -2.96. The molecule has 0 atom stereocenters. The monoisotopic (exact) mass is 518 g/mol. The van der Waals surface area contributed by atoms with Gasteiger partial charge in [-0.25, -0.2) is 18.4 Å². The molecule has 0 unspecified atom stereocenters. The van der Waals surface area contributed by atoms with Crippen LogP contribution >= 0.6 is 0 Å². The highest BCUT2D eigenvalue weighted by Gasteiger charge is 2.30. The molecule has 1 fully saturated rings. The Morgan fingerprint density at radius 1 is 1.11 bits per heavy atom. The number of sulfone groups is 1. The van der Waals surface area contributed by atoms with Gasteiger partial charge in [0.2, 0.25) is 0 Å². The molecule has 9 nitrogen and oxygen atoms in total. The number of hydrogen-bond acceptors (Lipinski definition) is 9. The van der Waals surface area contributed by atoms with E-state index in [1.54, 1.807) is 19.3 Å². The Labute approximate surface area is 214 Å². The van der Waals surface area contributed by atoms with Gasteiger partial charge in [0.15, 0.2) is 0 Å². The zero-order valence-corrected chi connectivity index (χ0v) is 22.7. The predicted molar refractivity (Wildman–Crippen MR) is 142 cm³/mol. The van der Waals surface area contributed by atoms with Gasteiger partial charge in [-0.2, -0.15) is 0 Å². The summed E-state index contributed by atoms with van der Waals surface area (Å²) in [6, 6.07) is 6.57. The molecular weight excluding hydrogens is 480 g/mol. The van der Waals surface area contributed by atoms with Crippen LogP contribution in [0.15, 0.2) is 30.6 Å². The van der Waals surface area contributed by atoms with Crippen molar-refractivity contribution in [1.82, 2.24) is 9.97 Å². The molecule has 1 N–H and O–H groups in total. The van der Waals surface area contributed by atoms with Crippen LogP contribution in [0.25, 0.3) is 0 Å². The third kappa shape index (κ3) is 7.09. The van der Waals surface area contributed by atoms with E-state index in [-0.39, 0.29) is 29.9 Å². The molecular formula is C26H38N4O5S. The van der Waals surface area contributed by atoms with E-state index >= 15 is 0 Å². The number of esters is 1. The molecule has 36 heavy (non-hydrogen) atoms. The Hall–Kier alpha value is -2.88. The fraction of sp³-hybridized carbons (Fsp3) is 0.577. The number of carbonyl (C=O) groups is 1. The zero-order chi connectivity index (χ0) is 26.3. The van der Waals surface area contributed by atoms with Gasteiger partial charge >= 0.3 is 12.0 Å². The molecule has 1 aliphatic heterocycles. The molecule has 2 heterocycles. The first-order valence-corrected chi connectivity index (χ1v) is 14.4. The summed E-state index contributed by atoms with van der Waals surface area (Å²) in [7, 11) is -2.96. The second-order valence-electron chi connectivity index (χ2n) is 9.58. The average Bonchev–Trinajstić information content (AvgIpc) is 2.82. The SMILES string of the molecule is CCOC(=O)CC(C)(C)c1ccc(N(CC)C2CCS(=O)(=O)CC2)c(Nc2cnc(OCC)nc2)c1. The van der Waals surface area contributed by atoms with Gasteiger partial charge in [-0.15, -0.1) is 0 Å². The Morgan fingerprint density at radius 3 is 2.36 bits per heavy atom. The lowest BCUT2D eigenvalue weighted by molar-refractivity contribution is -0.144. The lowest BCUT2D eigenvalue weighted by Gasteiger charge is -2.37. The fourth-order valence-corrected chi connectivity index (χ4v) is 6.00. The van der Waals surface area contributed by atoms with Gasteiger partial charge in [0, 0.05) is 18.0 Å². The smallest absolute Gasteiger partial charge is 0.316 e. The normalized spacial score (nSPS) is 15.8. The first-order chi connectivity index (χ1) is 17.1. The van der Waals surface area contributed by atoms with Gasteiger partial charge < -0.3 is 19.7 Å². The molecule has 1 aromatic heterocycles. The molecule has 1 aliphatic rings. The van der Waals surface area contributed by atoms with E-state index in [2.05, 4.69) is 27.1 Å². The summed E-state index contributed by atoms with van der Waals surface area (Å²) in [5.74, 6) is 0.169. The average molecular weight is 519 g/mol. The van der Waals surface area contributed by atoms with Gasteiger partial charge in [0.05, 0.1) is 60.6 Å². The summed E-state index contributed by atoms with van der Waals surface area (Å²) in [6.07, 6.45) is 4.78. The predicted octanol–water partition coefficient (Wildman–Crippen LogP) is 4.25. The molecule has 0 spiro atoms. The van der Waals surface area contributed by atoms with Crippen molar-refractivity contribution in [3.8, 4) is 6.01 Å². The molecule has 0 amide bonds. The van der Waals surface area contributed by atoms with E-state index in [4.69, 9.17) is 9.47 Å². The number of nitrogens with zero attached hydrogens (tertiary/aromatic N) is 3. The van der Waals surface area contributed by atoms with Crippen molar-refractivity contribution >= 4 is 32.9 Å². The van der Waals surface area contributed by atoms with E-state index in [0.717, 1.165) is 23.5 Å². The first-order valence-electron chi connectivity index (χ1n) is 12.6. The van der Waals surface area contributed by atoms with Crippen molar-refractivity contribution in [2.24, 2.45) is 0 Å². The van der Waals surface area contributed by atoms with Crippen LogP contribution in [-0.2, 0) is 24.8 Å². The Kier molecular flexibility index (Phi) is 9.16. The van der Waals surface area contributed by atoms with Crippen molar-refractivity contribution in [3.05, 3.63) is 36.2 Å². The third-order valence-electron chi connectivity index (χ3n) is 6.47. The number of rotatable bonds is 11. The van der Waals surface area contributed by atoms with Crippen LogP contribution in [0.3, 0.4) is 0 Å². The summed E-state index contributed by atoms with van der Waals surface area (Å²) in [5, 5.41) is 3.45. The summed E-state index contributed by atoms with van der Waals surface area (Å²) >= 11 is 0. The highest BCUT2D eigenvalue weighted by molar-refractivity contribution is 7.91. The maximum atomic E-state index is 12.3. The van der Waals surface area contributed by atoms with Crippen LogP contribution < -0.4 is 15.0 Å². The molecule has 1 aromatic carbocycles. The Morgan fingerprint density at radius 2 is 1.78 bits per heavy atom. The van der Waals surface area contributed by atoms with Gasteiger partial charge in [-0.05, 0) is 51.3 Å². The summed E-state index contributed by atoms with van der Waals surface area (Å²) in [6.45, 7) is 11.4. The largest absolute Gasteiger partial charge is 0.466 e. The van der Waals surface area contributed by atoms with Crippen LogP contribution in [-0.4, -0.2) is 61.7 Å². The maximum absolute atomic E-state index is 12.3. The van der Waals surface area contributed by atoms with Crippen LogP contribution in [0.1, 0.15) is 59.4 Å². The van der Waals surface area contributed by atoms with E-state index in [0.29, 0.717) is 37.8 Å². The van der Waals surface area contributed by atoms with Gasteiger partial charge in [0.25, 0.3) is 0 Å². The number of anilines is 3. The molecule has 1 saturated heterocycles. The molecule has 0 bridgehead atoms. The summed E-state index contributed by atoms with van der Waals surface area (Å²) < 4.78 is 34.6. The van der Waals surface area contributed by atoms with Crippen molar-refractivity contribution in [2.75, 3.05) is 41.5 Å². The lowest BCUT2D eigenvalue weighted by atomic mass is 9.81. The van der Waals surface area contributed by atoms with Gasteiger partial charge in [-0.1, -0.05) is 19.9 Å². The first kappa shape index (κ1) is 27.7. The van der Waals surface area contributed by atoms with Gasteiger partial charge in [-0.3, -0.25) is 4.79 Å². The number of hydrogen-bond donors (Lipinski definition) is 1. The van der Waals surface area contributed by atoms with Crippen LogP contribution in [0.2, 0.25) is 0 Å². The van der Waals surface area contributed by atoms with E-state index in [1.165, 1.54) is 0 Å². The lowest BCUT2D eigenvalue weighted by Crippen LogP contribution is -2.41. The quantitative estimate of drug-likeness (QED) is 0.436. The number of aromatic nitrogens is 2. The molecule has 2 aromatic rings. The van der Waals surface area contributed by atoms with Crippen molar-refractivity contribution in [3.63, 3.8) is 0 Å². The van der Waals surface area contributed by atoms with Crippen molar-refractivity contribution in [1.29, 1.82) is 0 Å².